The van der Waals surface area contributed by atoms with E-state index in [0.717, 1.165) is 0 Å². The minimum atomic E-state index is -1.11. The van der Waals surface area contributed by atoms with Crippen LogP contribution in [-0.4, -0.2) is 28.0 Å². The van der Waals surface area contributed by atoms with E-state index in [1.807, 2.05) is 0 Å². The first-order valence-electron chi connectivity index (χ1n) is 5.34. The first-order valence-corrected chi connectivity index (χ1v) is 5.88. The molecule has 0 bridgehead atoms. The number of rotatable bonds is 5. The Morgan fingerprint density at radius 2 is 2.06 bits per heavy atom. The maximum atomic E-state index is 11.5. The third-order valence-corrected chi connectivity index (χ3v) is 3.47. The summed E-state index contributed by atoms with van der Waals surface area (Å²) in [6, 6.07) is 0. The highest BCUT2D eigenvalue weighted by molar-refractivity contribution is 6.17. The molecule has 1 atom stereocenters. The van der Waals surface area contributed by atoms with Gasteiger partial charge in [-0.25, -0.2) is 4.79 Å². The van der Waals surface area contributed by atoms with E-state index in [1.54, 1.807) is 13.0 Å². The molecule has 1 aliphatic carbocycles. The van der Waals surface area contributed by atoms with Gasteiger partial charge in [-0.2, -0.15) is 0 Å². The summed E-state index contributed by atoms with van der Waals surface area (Å²) in [7, 11) is 0. The van der Waals surface area contributed by atoms with Gasteiger partial charge in [0.2, 0.25) is 0 Å². The zero-order valence-electron chi connectivity index (χ0n) is 9.57. The highest BCUT2D eigenvalue weighted by Crippen LogP contribution is 2.42. The monoisotopic (exact) mass is 258 g/mol. The lowest BCUT2D eigenvalue weighted by atomic mass is 9.70. The smallest absolute Gasteiger partial charge is 0.331 e. The third kappa shape index (κ3) is 2.69. The number of carbonyl (C=O) groups is 2. The molecule has 0 amide bonds. The van der Waals surface area contributed by atoms with Crippen molar-refractivity contribution < 1.29 is 19.8 Å². The van der Waals surface area contributed by atoms with Gasteiger partial charge in [-0.05, 0) is 26.2 Å². The minimum Gasteiger partial charge on any atom is -0.481 e. The number of carboxylic acid groups (broad SMARTS) is 2. The number of alkyl halides is 1. The molecule has 0 heterocycles. The predicted octanol–water partition coefficient (Wildman–Crippen LogP) is 2.44. The lowest BCUT2D eigenvalue weighted by molar-refractivity contribution is -0.147. The topological polar surface area (TPSA) is 74.6 Å². The molecule has 1 aliphatic rings. The van der Waals surface area contributed by atoms with E-state index in [9.17, 15) is 14.7 Å². The Hall–Kier alpha value is -1.29. The Balaban J connectivity index is 3.07. The van der Waals surface area contributed by atoms with Crippen LogP contribution in [0.15, 0.2) is 23.3 Å². The Labute approximate surface area is 105 Å². The van der Waals surface area contributed by atoms with Crippen molar-refractivity contribution in [2.24, 2.45) is 5.41 Å². The van der Waals surface area contributed by atoms with Crippen LogP contribution in [0.3, 0.4) is 0 Å². The fourth-order valence-electron chi connectivity index (χ4n) is 2.06. The normalized spacial score (nSPS) is 23.9. The highest BCUT2D eigenvalue weighted by Gasteiger charge is 2.42. The van der Waals surface area contributed by atoms with Gasteiger partial charge in [0, 0.05) is 11.5 Å². The van der Waals surface area contributed by atoms with Gasteiger partial charge in [0.05, 0.1) is 5.41 Å². The SMILES string of the molecule is CC1=CC=C(C(=O)O)CC1(CCCCl)C(=O)O. The standard InChI is InChI=1S/C12H15ClO4/c1-8-3-4-9(10(14)15)7-12(8,11(16)17)5-2-6-13/h3-4H,2,5-7H2,1H3,(H,14,15)(H,16,17). The molecule has 1 rings (SSSR count). The van der Waals surface area contributed by atoms with Crippen molar-refractivity contribution in [2.45, 2.75) is 26.2 Å². The number of aliphatic carboxylic acids is 2. The van der Waals surface area contributed by atoms with Gasteiger partial charge in [-0.3, -0.25) is 4.79 Å². The highest BCUT2D eigenvalue weighted by atomic mass is 35.5. The van der Waals surface area contributed by atoms with Crippen LogP contribution >= 0.6 is 11.6 Å². The van der Waals surface area contributed by atoms with Crippen LogP contribution in [-0.2, 0) is 9.59 Å². The summed E-state index contributed by atoms with van der Waals surface area (Å²) >= 11 is 5.59. The summed E-state index contributed by atoms with van der Waals surface area (Å²) in [5.74, 6) is -1.68. The fourth-order valence-corrected chi connectivity index (χ4v) is 2.19. The Bertz CT molecular complexity index is 397. The molecule has 0 aromatic carbocycles. The van der Waals surface area contributed by atoms with E-state index in [4.69, 9.17) is 16.7 Å². The van der Waals surface area contributed by atoms with Gasteiger partial charge in [-0.1, -0.05) is 17.7 Å². The molecule has 2 N–H and O–H groups in total. The first kappa shape index (κ1) is 13.8. The van der Waals surface area contributed by atoms with Crippen molar-refractivity contribution in [1.82, 2.24) is 0 Å². The third-order valence-electron chi connectivity index (χ3n) is 3.20. The molecule has 0 aliphatic heterocycles. The lowest BCUT2D eigenvalue weighted by Crippen LogP contribution is -2.35. The average Bonchev–Trinajstić information content (AvgIpc) is 2.27. The maximum absolute atomic E-state index is 11.5. The molecule has 0 spiro atoms. The summed E-state index contributed by atoms with van der Waals surface area (Å²) in [5, 5.41) is 18.3. The average molecular weight is 259 g/mol. The van der Waals surface area contributed by atoms with Crippen LogP contribution in [0.25, 0.3) is 0 Å². The largest absolute Gasteiger partial charge is 0.481 e. The van der Waals surface area contributed by atoms with Gasteiger partial charge < -0.3 is 10.2 Å². The van der Waals surface area contributed by atoms with E-state index >= 15 is 0 Å². The van der Waals surface area contributed by atoms with Gasteiger partial charge in [0.25, 0.3) is 0 Å². The van der Waals surface area contributed by atoms with E-state index in [-0.39, 0.29) is 12.0 Å². The van der Waals surface area contributed by atoms with Crippen LogP contribution < -0.4 is 0 Å². The number of carboxylic acids is 2. The predicted molar refractivity (Wildman–Crippen MR) is 64.1 cm³/mol. The number of allylic oxidation sites excluding steroid dienone is 2. The van der Waals surface area contributed by atoms with Crippen molar-refractivity contribution >= 4 is 23.5 Å². The molecule has 4 nitrogen and oxygen atoms in total. The van der Waals surface area contributed by atoms with E-state index in [0.29, 0.717) is 24.3 Å². The molecule has 94 valence electrons. The van der Waals surface area contributed by atoms with Crippen molar-refractivity contribution in [3.63, 3.8) is 0 Å². The minimum absolute atomic E-state index is 0.0247. The molecule has 5 heteroatoms. The van der Waals surface area contributed by atoms with Crippen molar-refractivity contribution in [1.29, 1.82) is 0 Å². The lowest BCUT2D eigenvalue weighted by Gasteiger charge is -2.32. The van der Waals surface area contributed by atoms with Crippen LogP contribution in [0, 0.1) is 5.41 Å². The van der Waals surface area contributed by atoms with Crippen LogP contribution in [0.5, 0.6) is 0 Å². The summed E-state index contributed by atoms with van der Waals surface area (Å²) in [5.41, 5.74) is -0.301. The second-order valence-electron chi connectivity index (χ2n) is 4.20. The molecular formula is C12H15ClO4. The first-order chi connectivity index (χ1) is 7.94. The summed E-state index contributed by atoms with van der Waals surface area (Å²) in [4.78, 5) is 22.4. The molecule has 0 saturated carbocycles. The van der Waals surface area contributed by atoms with Gasteiger partial charge >= 0.3 is 11.9 Å². The van der Waals surface area contributed by atoms with Crippen molar-refractivity contribution in [2.75, 3.05) is 5.88 Å². The Morgan fingerprint density at radius 1 is 1.41 bits per heavy atom. The van der Waals surface area contributed by atoms with Crippen LogP contribution in [0.4, 0.5) is 0 Å². The Morgan fingerprint density at radius 3 is 2.53 bits per heavy atom. The number of halogens is 1. The van der Waals surface area contributed by atoms with Crippen molar-refractivity contribution in [3.05, 3.63) is 23.3 Å². The Kier molecular flexibility index (Phi) is 4.34. The second kappa shape index (κ2) is 5.36. The molecule has 0 aromatic heterocycles. The van der Waals surface area contributed by atoms with E-state index < -0.39 is 17.4 Å². The summed E-state index contributed by atoms with van der Waals surface area (Å²) < 4.78 is 0. The maximum Gasteiger partial charge on any atom is 0.331 e. The summed E-state index contributed by atoms with van der Waals surface area (Å²) in [6.45, 7) is 1.72. The molecule has 17 heavy (non-hydrogen) atoms. The van der Waals surface area contributed by atoms with E-state index in [1.165, 1.54) is 6.08 Å². The molecule has 0 saturated heterocycles. The molecule has 1 unspecified atom stereocenters. The zero-order valence-corrected chi connectivity index (χ0v) is 10.3. The molecule has 0 fully saturated rings. The van der Waals surface area contributed by atoms with Crippen LogP contribution in [0.2, 0.25) is 0 Å². The molecule has 0 radical (unpaired) electrons. The fraction of sp³-hybridized carbons (Fsp3) is 0.500. The van der Waals surface area contributed by atoms with Gasteiger partial charge in [0.15, 0.2) is 0 Å². The van der Waals surface area contributed by atoms with Crippen LogP contribution in [0.1, 0.15) is 26.2 Å². The number of hydrogen-bond acceptors (Lipinski definition) is 2. The van der Waals surface area contributed by atoms with Gasteiger partial charge in [-0.15, -0.1) is 11.6 Å². The molecular weight excluding hydrogens is 244 g/mol. The van der Waals surface area contributed by atoms with Gasteiger partial charge in [0.1, 0.15) is 0 Å². The summed E-state index contributed by atoms with van der Waals surface area (Å²) in [6.07, 6.45) is 3.98. The van der Waals surface area contributed by atoms with E-state index in [2.05, 4.69) is 0 Å². The second-order valence-corrected chi connectivity index (χ2v) is 4.58. The molecule has 0 aromatic rings. The zero-order chi connectivity index (χ0) is 13.1. The number of hydrogen-bond donors (Lipinski definition) is 2. The quantitative estimate of drug-likeness (QED) is 0.743. The van der Waals surface area contributed by atoms with Crippen molar-refractivity contribution in [3.8, 4) is 0 Å².